The van der Waals surface area contributed by atoms with Crippen LogP contribution < -0.4 is 5.32 Å². The third kappa shape index (κ3) is 4.18. The monoisotopic (exact) mass is 241 g/mol. The highest BCUT2D eigenvalue weighted by Crippen LogP contribution is 2.07. The SMILES string of the molecule is C=CCn1ccnc1NC(C)CCS(C)=O. The second kappa shape index (κ2) is 6.48. The van der Waals surface area contributed by atoms with Crippen molar-refractivity contribution in [3.63, 3.8) is 0 Å². The summed E-state index contributed by atoms with van der Waals surface area (Å²) in [5.74, 6) is 1.56. The number of hydrogen-bond donors (Lipinski definition) is 1. The lowest BCUT2D eigenvalue weighted by molar-refractivity contribution is 0.676. The van der Waals surface area contributed by atoms with Gasteiger partial charge in [0.2, 0.25) is 5.95 Å². The quantitative estimate of drug-likeness (QED) is 0.738. The van der Waals surface area contributed by atoms with Crippen molar-refractivity contribution >= 4 is 16.7 Å². The molecule has 16 heavy (non-hydrogen) atoms. The van der Waals surface area contributed by atoms with Gasteiger partial charge in [0.05, 0.1) is 0 Å². The molecule has 0 spiro atoms. The highest BCUT2D eigenvalue weighted by Gasteiger charge is 2.06. The molecule has 90 valence electrons. The van der Waals surface area contributed by atoms with E-state index in [1.165, 1.54) is 0 Å². The zero-order valence-corrected chi connectivity index (χ0v) is 10.7. The fraction of sp³-hybridized carbons (Fsp3) is 0.545. The molecule has 5 heteroatoms. The Hall–Kier alpha value is -1.10. The average Bonchev–Trinajstić information content (AvgIpc) is 2.63. The largest absolute Gasteiger partial charge is 0.353 e. The Morgan fingerprint density at radius 2 is 2.50 bits per heavy atom. The van der Waals surface area contributed by atoms with Gasteiger partial charge in [-0.25, -0.2) is 4.98 Å². The molecule has 0 aliphatic heterocycles. The minimum Gasteiger partial charge on any atom is -0.353 e. The molecule has 1 N–H and O–H groups in total. The van der Waals surface area contributed by atoms with Gasteiger partial charge < -0.3 is 9.88 Å². The molecule has 0 saturated carbocycles. The van der Waals surface area contributed by atoms with Gasteiger partial charge in [-0.2, -0.15) is 0 Å². The minimum absolute atomic E-state index is 0.273. The number of anilines is 1. The fourth-order valence-corrected chi connectivity index (χ4v) is 2.06. The standard InChI is InChI=1S/C11H19N3OS/c1-4-7-14-8-6-12-11(14)13-10(2)5-9-16(3)15/h4,6,8,10H,1,5,7,9H2,2-3H3,(H,12,13). The van der Waals surface area contributed by atoms with Crippen molar-refractivity contribution in [3.05, 3.63) is 25.0 Å². The molecule has 0 radical (unpaired) electrons. The smallest absolute Gasteiger partial charge is 0.203 e. The average molecular weight is 241 g/mol. The number of allylic oxidation sites excluding steroid dienone is 1. The Morgan fingerprint density at radius 3 is 3.12 bits per heavy atom. The fourth-order valence-electron chi connectivity index (χ4n) is 1.37. The predicted molar refractivity (Wildman–Crippen MR) is 69.1 cm³/mol. The molecule has 0 bridgehead atoms. The highest BCUT2D eigenvalue weighted by molar-refractivity contribution is 7.84. The van der Waals surface area contributed by atoms with Crippen molar-refractivity contribution in [3.8, 4) is 0 Å². The number of aromatic nitrogens is 2. The van der Waals surface area contributed by atoms with Gasteiger partial charge in [0, 0.05) is 47.8 Å². The van der Waals surface area contributed by atoms with E-state index in [9.17, 15) is 4.21 Å². The van der Waals surface area contributed by atoms with Crippen molar-refractivity contribution in [2.45, 2.75) is 25.9 Å². The van der Waals surface area contributed by atoms with E-state index in [1.54, 1.807) is 12.5 Å². The summed E-state index contributed by atoms with van der Waals surface area (Å²) in [6.45, 7) is 6.51. The van der Waals surface area contributed by atoms with Crippen LogP contribution in [0.15, 0.2) is 25.0 Å². The molecule has 0 amide bonds. The molecule has 4 nitrogen and oxygen atoms in total. The lowest BCUT2D eigenvalue weighted by atomic mass is 10.3. The molecular weight excluding hydrogens is 222 g/mol. The van der Waals surface area contributed by atoms with Crippen molar-refractivity contribution in [1.29, 1.82) is 0 Å². The van der Waals surface area contributed by atoms with E-state index in [0.29, 0.717) is 0 Å². The Labute approximate surface area is 99.2 Å². The molecular formula is C11H19N3OS. The van der Waals surface area contributed by atoms with Crippen LogP contribution in [-0.2, 0) is 17.3 Å². The van der Waals surface area contributed by atoms with E-state index < -0.39 is 10.8 Å². The van der Waals surface area contributed by atoms with Crippen LogP contribution in [0.3, 0.4) is 0 Å². The Balaban J connectivity index is 2.48. The van der Waals surface area contributed by atoms with Gasteiger partial charge in [-0.1, -0.05) is 6.08 Å². The van der Waals surface area contributed by atoms with Crippen LogP contribution in [0.5, 0.6) is 0 Å². The van der Waals surface area contributed by atoms with Gasteiger partial charge in [0.15, 0.2) is 0 Å². The van der Waals surface area contributed by atoms with Gasteiger partial charge in [-0.15, -0.1) is 6.58 Å². The Bertz CT molecular complexity index is 362. The molecule has 1 heterocycles. The molecule has 0 aromatic carbocycles. The van der Waals surface area contributed by atoms with Crippen LogP contribution in [0.2, 0.25) is 0 Å². The van der Waals surface area contributed by atoms with Crippen molar-refractivity contribution in [2.75, 3.05) is 17.3 Å². The number of imidazole rings is 1. The molecule has 2 atom stereocenters. The number of nitrogens with one attached hydrogen (secondary N) is 1. The van der Waals surface area contributed by atoms with Crippen LogP contribution in [-0.4, -0.2) is 31.8 Å². The third-order valence-electron chi connectivity index (χ3n) is 2.26. The summed E-state index contributed by atoms with van der Waals surface area (Å²) in [5.41, 5.74) is 0. The second-order valence-corrected chi connectivity index (χ2v) is 5.36. The Morgan fingerprint density at radius 1 is 1.75 bits per heavy atom. The summed E-state index contributed by atoms with van der Waals surface area (Å²) in [6.07, 6.45) is 8.11. The minimum atomic E-state index is -0.727. The molecule has 2 unspecified atom stereocenters. The molecule has 0 aliphatic carbocycles. The predicted octanol–water partition coefficient (Wildman–Crippen LogP) is 1.64. The first-order valence-corrected chi connectivity index (χ1v) is 7.04. The number of hydrogen-bond acceptors (Lipinski definition) is 3. The Kier molecular flexibility index (Phi) is 5.25. The maximum atomic E-state index is 11.0. The van der Waals surface area contributed by atoms with Crippen LogP contribution >= 0.6 is 0 Å². The lowest BCUT2D eigenvalue weighted by Crippen LogP contribution is -2.20. The molecule has 0 saturated heterocycles. The molecule has 0 aliphatic rings. The summed E-state index contributed by atoms with van der Waals surface area (Å²) in [7, 11) is -0.727. The topological polar surface area (TPSA) is 46.9 Å². The maximum Gasteiger partial charge on any atom is 0.203 e. The van der Waals surface area contributed by atoms with E-state index in [1.807, 2.05) is 16.8 Å². The molecule has 0 fully saturated rings. The van der Waals surface area contributed by atoms with E-state index in [0.717, 1.165) is 24.7 Å². The van der Waals surface area contributed by atoms with Crippen molar-refractivity contribution < 1.29 is 4.21 Å². The van der Waals surface area contributed by atoms with E-state index in [-0.39, 0.29) is 6.04 Å². The number of rotatable bonds is 7. The lowest BCUT2D eigenvalue weighted by Gasteiger charge is -2.14. The highest BCUT2D eigenvalue weighted by atomic mass is 32.2. The molecule has 1 aromatic rings. The van der Waals surface area contributed by atoms with E-state index in [2.05, 4.69) is 23.8 Å². The van der Waals surface area contributed by atoms with Gasteiger partial charge in [0.1, 0.15) is 0 Å². The first-order chi connectivity index (χ1) is 7.63. The zero-order chi connectivity index (χ0) is 12.0. The first kappa shape index (κ1) is 13.0. The summed E-state index contributed by atoms with van der Waals surface area (Å²) < 4.78 is 13.0. The summed E-state index contributed by atoms with van der Waals surface area (Å²) in [4.78, 5) is 4.23. The summed E-state index contributed by atoms with van der Waals surface area (Å²) in [6, 6.07) is 0.273. The number of nitrogens with zero attached hydrogens (tertiary/aromatic N) is 2. The van der Waals surface area contributed by atoms with Crippen LogP contribution in [0.1, 0.15) is 13.3 Å². The normalized spacial score (nSPS) is 14.4. The van der Waals surface area contributed by atoms with Gasteiger partial charge >= 0.3 is 0 Å². The van der Waals surface area contributed by atoms with Gasteiger partial charge in [-0.05, 0) is 13.3 Å². The van der Waals surface area contributed by atoms with E-state index >= 15 is 0 Å². The summed E-state index contributed by atoms with van der Waals surface area (Å²) >= 11 is 0. The third-order valence-corrected chi connectivity index (χ3v) is 3.07. The van der Waals surface area contributed by atoms with E-state index in [4.69, 9.17) is 0 Å². The molecule has 1 aromatic heterocycles. The second-order valence-electron chi connectivity index (χ2n) is 3.80. The van der Waals surface area contributed by atoms with Crippen LogP contribution in [0.25, 0.3) is 0 Å². The van der Waals surface area contributed by atoms with Crippen molar-refractivity contribution in [1.82, 2.24) is 9.55 Å². The molecule has 1 rings (SSSR count). The van der Waals surface area contributed by atoms with Crippen LogP contribution in [0.4, 0.5) is 5.95 Å². The first-order valence-electron chi connectivity index (χ1n) is 5.32. The summed E-state index contributed by atoms with van der Waals surface area (Å²) in [5, 5.41) is 3.30. The zero-order valence-electron chi connectivity index (χ0n) is 9.85. The maximum absolute atomic E-state index is 11.0. The van der Waals surface area contributed by atoms with Crippen molar-refractivity contribution in [2.24, 2.45) is 0 Å². The van der Waals surface area contributed by atoms with Crippen LogP contribution in [0, 0.1) is 0 Å². The van der Waals surface area contributed by atoms with Gasteiger partial charge in [0.25, 0.3) is 0 Å². The van der Waals surface area contributed by atoms with Gasteiger partial charge in [-0.3, -0.25) is 4.21 Å².